The van der Waals surface area contributed by atoms with E-state index >= 15 is 0 Å². The maximum Gasteiger partial charge on any atom is 0.255 e. The molecule has 0 spiro atoms. The fourth-order valence-electron chi connectivity index (χ4n) is 3.36. The van der Waals surface area contributed by atoms with Gasteiger partial charge in [0.05, 0.1) is 23.2 Å². The van der Waals surface area contributed by atoms with Crippen LogP contribution in [0, 0.1) is 5.82 Å². The number of halogens is 1. The van der Waals surface area contributed by atoms with Crippen molar-refractivity contribution in [1.29, 1.82) is 0 Å². The lowest BCUT2D eigenvalue weighted by atomic mass is 10.1. The van der Waals surface area contributed by atoms with E-state index in [4.69, 9.17) is 0 Å². The van der Waals surface area contributed by atoms with Crippen molar-refractivity contribution in [2.24, 2.45) is 0 Å². The van der Waals surface area contributed by atoms with Crippen LogP contribution in [0.5, 0.6) is 0 Å². The number of aromatic amines is 1. The highest BCUT2D eigenvalue weighted by Crippen LogP contribution is 2.20. The van der Waals surface area contributed by atoms with Gasteiger partial charge in [0.1, 0.15) is 5.82 Å². The van der Waals surface area contributed by atoms with E-state index in [0.29, 0.717) is 12.1 Å². The van der Waals surface area contributed by atoms with E-state index in [1.807, 2.05) is 6.07 Å². The SMILES string of the molecule is CN(CCCCCc1cc(-c2ccc(F)cc2)n[nH]1)C(=O)c1ccccc1NS(C)(=O)=O. The highest BCUT2D eigenvalue weighted by Gasteiger charge is 2.17. The molecule has 0 fully saturated rings. The fourth-order valence-corrected chi connectivity index (χ4v) is 3.94. The molecule has 0 aliphatic heterocycles. The molecule has 0 aliphatic carbocycles. The van der Waals surface area contributed by atoms with Gasteiger partial charge in [0.2, 0.25) is 10.0 Å². The van der Waals surface area contributed by atoms with Gasteiger partial charge in [0.25, 0.3) is 5.91 Å². The monoisotopic (exact) mass is 458 g/mol. The van der Waals surface area contributed by atoms with Crippen LogP contribution in [-0.4, -0.2) is 49.3 Å². The number of nitrogens with one attached hydrogen (secondary N) is 2. The summed E-state index contributed by atoms with van der Waals surface area (Å²) in [4.78, 5) is 14.4. The lowest BCUT2D eigenvalue weighted by Crippen LogP contribution is -2.28. The summed E-state index contributed by atoms with van der Waals surface area (Å²) in [5.41, 5.74) is 3.26. The Hall–Kier alpha value is -3.20. The van der Waals surface area contributed by atoms with Crippen LogP contribution in [0.25, 0.3) is 11.3 Å². The average Bonchev–Trinajstić information content (AvgIpc) is 3.21. The van der Waals surface area contributed by atoms with Gasteiger partial charge in [-0.25, -0.2) is 12.8 Å². The minimum absolute atomic E-state index is 0.228. The minimum atomic E-state index is -3.47. The molecule has 2 N–H and O–H groups in total. The molecule has 0 aliphatic rings. The lowest BCUT2D eigenvalue weighted by molar-refractivity contribution is 0.0793. The Morgan fingerprint density at radius 1 is 1.09 bits per heavy atom. The zero-order valence-corrected chi connectivity index (χ0v) is 19.0. The first-order valence-corrected chi connectivity index (χ1v) is 12.2. The molecule has 0 unspecified atom stereocenters. The van der Waals surface area contributed by atoms with E-state index in [9.17, 15) is 17.6 Å². The first-order chi connectivity index (χ1) is 15.2. The van der Waals surface area contributed by atoms with Crippen LogP contribution >= 0.6 is 0 Å². The molecule has 0 bridgehead atoms. The second-order valence-corrected chi connectivity index (χ2v) is 9.49. The number of benzene rings is 2. The van der Waals surface area contributed by atoms with Crippen LogP contribution in [0.2, 0.25) is 0 Å². The van der Waals surface area contributed by atoms with E-state index in [1.54, 1.807) is 48.3 Å². The highest BCUT2D eigenvalue weighted by atomic mass is 32.2. The third kappa shape index (κ3) is 6.65. The summed E-state index contributed by atoms with van der Waals surface area (Å²) in [5, 5.41) is 7.30. The number of carbonyl (C=O) groups excluding carboxylic acids is 1. The summed E-state index contributed by atoms with van der Waals surface area (Å²) in [6.07, 6.45) is 4.56. The summed E-state index contributed by atoms with van der Waals surface area (Å²) in [6.45, 7) is 0.565. The maximum atomic E-state index is 13.1. The van der Waals surface area contributed by atoms with Gasteiger partial charge in [-0.05, 0) is 61.7 Å². The van der Waals surface area contributed by atoms with Crippen LogP contribution in [0.3, 0.4) is 0 Å². The molecular formula is C23H27FN4O3S. The van der Waals surface area contributed by atoms with Crippen molar-refractivity contribution in [3.63, 3.8) is 0 Å². The molecule has 0 saturated carbocycles. The molecule has 3 rings (SSSR count). The van der Waals surface area contributed by atoms with E-state index in [2.05, 4.69) is 14.9 Å². The molecule has 1 aromatic heterocycles. The molecule has 1 amide bonds. The first-order valence-electron chi connectivity index (χ1n) is 10.4. The molecular weight excluding hydrogens is 431 g/mol. The van der Waals surface area contributed by atoms with Gasteiger partial charge in [-0.1, -0.05) is 18.6 Å². The van der Waals surface area contributed by atoms with E-state index in [1.165, 1.54) is 12.1 Å². The van der Waals surface area contributed by atoms with Crippen LogP contribution in [0.1, 0.15) is 35.3 Å². The van der Waals surface area contributed by atoms with Crippen molar-refractivity contribution in [3.8, 4) is 11.3 Å². The van der Waals surface area contributed by atoms with Crippen LogP contribution in [0.4, 0.5) is 10.1 Å². The molecule has 2 aromatic carbocycles. The van der Waals surface area contributed by atoms with Crippen molar-refractivity contribution in [3.05, 3.63) is 71.7 Å². The molecule has 0 atom stereocenters. The minimum Gasteiger partial charge on any atom is -0.342 e. The topological polar surface area (TPSA) is 95.2 Å². The standard InChI is InChI=1S/C23H27FN4O3S/c1-28(23(29)20-9-5-6-10-21(20)27-32(2,30)31)15-7-3-4-8-19-16-22(26-25-19)17-11-13-18(24)14-12-17/h5-6,9-14,16,27H,3-4,7-8,15H2,1-2H3,(H,25,26). The van der Waals surface area contributed by atoms with Gasteiger partial charge in [-0.2, -0.15) is 5.10 Å². The Bertz CT molecular complexity index is 1160. The average molecular weight is 459 g/mol. The van der Waals surface area contributed by atoms with Crippen LogP contribution in [-0.2, 0) is 16.4 Å². The normalized spacial score (nSPS) is 11.3. The third-order valence-electron chi connectivity index (χ3n) is 5.01. The smallest absolute Gasteiger partial charge is 0.255 e. The second-order valence-electron chi connectivity index (χ2n) is 7.74. The molecule has 1 heterocycles. The van der Waals surface area contributed by atoms with Crippen LogP contribution < -0.4 is 4.72 Å². The van der Waals surface area contributed by atoms with Crippen molar-refractivity contribution in [1.82, 2.24) is 15.1 Å². The summed E-state index contributed by atoms with van der Waals surface area (Å²) in [5.74, 6) is -0.502. The lowest BCUT2D eigenvalue weighted by Gasteiger charge is -2.19. The fraction of sp³-hybridized carbons (Fsp3) is 0.304. The summed E-state index contributed by atoms with van der Waals surface area (Å²) in [6, 6.07) is 14.8. The Balaban J connectivity index is 1.45. The summed E-state index contributed by atoms with van der Waals surface area (Å²) < 4.78 is 38.5. The van der Waals surface area contributed by atoms with Crippen molar-refractivity contribution >= 4 is 21.6 Å². The van der Waals surface area contributed by atoms with Gasteiger partial charge in [0.15, 0.2) is 0 Å². The van der Waals surface area contributed by atoms with Gasteiger partial charge in [-0.3, -0.25) is 14.6 Å². The molecule has 9 heteroatoms. The largest absolute Gasteiger partial charge is 0.342 e. The first kappa shape index (κ1) is 23.5. The summed E-state index contributed by atoms with van der Waals surface area (Å²) >= 11 is 0. The number of hydrogen-bond acceptors (Lipinski definition) is 4. The molecule has 32 heavy (non-hydrogen) atoms. The number of sulfonamides is 1. The van der Waals surface area contributed by atoms with Gasteiger partial charge in [-0.15, -0.1) is 0 Å². The molecule has 7 nitrogen and oxygen atoms in total. The van der Waals surface area contributed by atoms with Crippen molar-refractivity contribution < 1.29 is 17.6 Å². The number of H-pyrrole nitrogens is 1. The van der Waals surface area contributed by atoms with Gasteiger partial charge >= 0.3 is 0 Å². The second kappa shape index (κ2) is 10.4. The zero-order valence-electron chi connectivity index (χ0n) is 18.1. The Morgan fingerprint density at radius 2 is 1.81 bits per heavy atom. The number of hydrogen-bond donors (Lipinski definition) is 2. The molecule has 3 aromatic rings. The number of unbranched alkanes of at least 4 members (excludes halogenated alkanes) is 2. The van der Waals surface area contributed by atoms with Crippen molar-refractivity contribution in [2.75, 3.05) is 24.6 Å². The van der Waals surface area contributed by atoms with E-state index < -0.39 is 10.0 Å². The number of aromatic nitrogens is 2. The third-order valence-corrected chi connectivity index (χ3v) is 5.60. The number of amides is 1. The maximum absolute atomic E-state index is 13.1. The van der Waals surface area contributed by atoms with Gasteiger partial charge < -0.3 is 4.90 Å². The van der Waals surface area contributed by atoms with E-state index in [0.717, 1.165) is 48.9 Å². The number of carbonyl (C=O) groups is 1. The van der Waals surface area contributed by atoms with Gasteiger partial charge in [0, 0.05) is 24.8 Å². The van der Waals surface area contributed by atoms with Crippen LogP contribution in [0.15, 0.2) is 54.6 Å². The Labute approximate surface area is 187 Å². The number of rotatable bonds is 10. The number of anilines is 1. The highest BCUT2D eigenvalue weighted by molar-refractivity contribution is 7.92. The zero-order chi connectivity index (χ0) is 23.1. The van der Waals surface area contributed by atoms with Crippen molar-refractivity contribution in [2.45, 2.75) is 25.7 Å². The number of nitrogens with zero attached hydrogens (tertiary/aromatic N) is 2. The molecule has 170 valence electrons. The summed E-state index contributed by atoms with van der Waals surface area (Å²) in [7, 11) is -1.76. The predicted molar refractivity (Wildman–Crippen MR) is 123 cm³/mol. The molecule has 0 saturated heterocycles. The Kier molecular flexibility index (Phi) is 7.63. The van der Waals surface area contributed by atoms with E-state index in [-0.39, 0.29) is 17.4 Å². The quantitative estimate of drug-likeness (QED) is 0.448. The number of aryl methyl sites for hydroxylation is 1. The predicted octanol–water partition coefficient (Wildman–Crippen LogP) is 4.07. The Morgan fingerprint density at radius 3 is 2.53 bits per heavy atom. The molecule has 0 radical (unpaired) electrons. The number of para-hydroxylation sites is 1.